The summed E-state index contributed by atoms with van der Waals surface area (Å²) < 4.78 is 34.7. The number of anilines is 1. The number of alkyl halides is 2. The zero-order chi connectivity index (χ0) is 24.0. The Bertz CT molecular complexity index is 1440. The molecule has 0 unspecified atom stereocenters. The molecular formula is C24H21ClF2N6O. The van der Waals surface area contributed by atoms with Crippen LogP contribution >= 0.6 is 11.6 Å². The number of halogens is 3. The number of aryl methyl sites for hydroxylation is 1. The summed E-state index contributed by atoms with van der Waals surface area (Å²) >= 11 is 6.17. The number of rotatable bonds is 6. The highest BCUT2D eigenvalue weighted by Gasteiger charge is 2.34. The topological polar surface area (TPSA) is 79.3 Å². The molecule has 10 heteroatoms. The molecule has 0 atom stereocenters. The van der Waals surface area contributed by atoms with Crippen molar-refractivity contribution >= 4 is 34.0 Å². The zero-order valence-electron chi connectivity index (χ0n) is 18.6. The molecule has 1 saturated heterocycles. The molecule has 174 valence electrons. The molecule has 0 bridgehead atoms. The second-order valence-corrected chi connectivity index (χ2v) is 8.66. The Morgan fingerprint density at radius 3 is 2.79 bits per heavy atom. The second kappa shape index (κ2) is 8.78. The van der Waals surface area contributed by atoms with Crippen molar-refractivity contribution in [3.05, 3.63) is 52.4 Å². The van der Waals surface area contributed by atoms with Gasteiger partial charge in [0.2, 0.25) is 0 Å². The Balaban J connectivity index is 1.77. The van der Waals surface area contributed by atoms with E-state index in [1.165, 1.54) is 4.52 Å². The highest BCUT2D eigenvalue weighted by molar-refractivity contribution is 6.31. The van der Waals surface area contributed by atoms with Gasteiger partial charge in [0, 0.05) is 41.9 Å². The lowest BCUT2D eigenvalue weighted by Gasteiger charge is -2.41. The van der Waals surface area contributed by atoms with Gasteiger partial charge in [-0.25, -0.2) is 13.8 Å². The van der Waals surface area contributed by atoms with E-state index in [0.29, 0.717) is 41.7 Å². The minimum absolute atomic E-state index is 0.0323. The highest BCUT2D eigenvalue weighted by Crippen LogP contribution is 2.40. The molecule has 3 aromatic heterocycles. The number of ether oxygens (including phenoxy) is 1. The van der Waals surface area contributed by atoms with Crippen LogP contribution in [-0.2, 0) is 4.74 Å². The molecule has 0 amide bonds. The molecule has 4 aromatic rings. The van der Waals surface area contributed by atoms with Gasteiger partial charge in [-0.2, -0.15) is 14.9 Å². The first kappa shape index (κ1) is 22.4. The molecule has 1 fully saturated rings. The van der Waals surface area contributed by atoms with E-state index >= 15 is 0 Å². The number of fused-ring (bicyclic) bond motifs is 2. The predicted octanol–water partition coefficient (Wildman–Crippen LogP) is 5.33. The molecule has 0 saturated carbocycles. The number of nitriles is 1. The molecule has 0 radical (unpaired) electrons. The zero-order valence-corrected chi connectivity index (χ0v) is 19.4. The maximum Gasteiger partial charge on any atom is 0.283 e. The first-order chi connectivity index (χ1) is 16.4. The molecule has 0 N–H and O–H groups in total. The molecule has 5 rings (SSSR count). The molecular weight excluding hydrogens is 462 g/mol. The normalized spacial score (nSPS) is 14.2. The maximum atomic E-state index is 13.7. The molecule has 1 aromatic carbocycles. The number of hydrogen-bond donors (Lipinski definition) is 0. The highest BCUT2D eigenvalue weighted by atomic mass is 35.5. The van der Waals surface area contributed by atoms with E-state index in [4.69, 9.17) is 16.3 Å². The van der Waals surface area contributed by atoms with Crippen molar-refractivity contribution in [1.29, 1.82) is 5.26 Å². The minimum Gasteiger partial charge on any atom is -0.375 e. The lowest BCUT2D eigenvalue weighted by atomic mass is 9.98. The van der Waals surface area contributed by atoms with Gasteiger partial charge in [-0.15, -0.1) is 0 Å². The molecule has 4 heterocycles. The van der Waals surface area contributed by atoms with Crippen molar-refractivity contribution in [2.75, 3.05) is 24.6 Å². The largest absolute Gasteiger partial charge is 0.375 e. The lowest BCUT2D eigenvalue weighted by Crippen LogP contribution is -2.53. The lowest BCUT2D eigenvalue weighted by molar-refractivity contribution is 0.0343. The van der Waals surface area contributed by atoms with Crippen molar-refractivity contribution < 1.29 is 13.5 Å². The molecule has 1 aliphatic rings. The van der Waals surface area contributed by atoms with Crippen LogP contribution in [0.5, 0.6) is 0 Å². The van der Waals surface area contributed by atoms with Crippen molar-refractivity contribution in [2.45, 2.75) is 32.8 Å². The number of pyridine rings is 1. The molecule has 0 spiro atoms. The van der Waals surface area contributed by atoms with Gasteiger partial charge >= 0.3 is 0 Å². The third kappa shape index (κ3) is 3.63. The van der Waals surface area contributed by atoms with E-state index in [1.54, 1.807) is 18.3 Å². The quantitative estimate of drug-likeness (QED) is 0.369. The Kier molecular flexibility index (Phi) is 5.80. The first-order valence-corrected chi connectivity index (χ1v) is 11.3. The smallest absolute Gasteiger partial charge is 0.283 e. The summed E-state index contributed by atoms with van der Waals surface area (Å²) in [6.07, 6.45) is -0.272. The Morgan fingerprint density at radius 2 is 2.09 bits per heavy atom. The van der Waals surface area contributed by atoms with Crippen LogP contribution in [0, 0.1) is 18.3 Å². The third-order valence-corrected chi connectivity index (χ3v) is 6.18. The molecule has 1 aliphatic heterocycles. The second-order valence-electron chi connectivity index (χ2n) is 8.22. The van der Waals surface area contributed by atoms with E-state index in [0.717, 1.165) is 22.9 Å². The van der Waals surface area contributed by atoms with Crippen molar-refractivity contribution in [1.82, 2.24) is 19.6 Å². The minimum atomic E-state index is -2.89. The summed E-state index contributed by atoms with van der Waals surface area (Å²) in [6, 6.07) is 9.17. The summed E-state index contributed by atoms with van der Waals surface area (Å²) in [6.45, 7) is 5.66. The molecule has 34 heavy (non-hydrogen) atoms. The van der Waals surface area contributed by atoms with E-state index in [1.807, 2.05) is 36.9 Å². The Morgan fingerprint density at radius 1 is 1.29 bits per heavy atom. The summed E-state index contributed by atoms with van der Waals surface area (Å²) in [5, 5.41) is 15.2. The summed E-state index contributed by atoms with van der Waals surface area (Å²) in [7, 11) is 0. The van der Waals surface area contributed by atoms with Gasteiger partial charge in [0.25, 0.3) is 6.43 Å². The number of benzene rings is 1. The fourth-order valence-electron chi connectivity index (χ4n) is 4.37. The van der Waals surface area contributed by atoms with Gasteiger partial charge in [-0.05, 0) is 37.1 Å². The average molecular weight is 483 g/mol. The predicted molar refractivity (Wildman–Crippen MR) is 125 cm³/mol. The third-order valence-electron chi connectivity index (χ3n) is 5.95. The fourth-order valence-corrected chi connectivity index (χ4v) is 4.53. The van der Waals surface area contributed by atoms with Gasteiger partial charge in [-0.3, -0.25) is 4.98 Å². The standard InChI is InChI=1S/C24H21ClF2N6O/c1-3-8-34-15-11-32(12-15)24-20(17-6-7-29-19-9-14(25)4-5-16(17)19)13(2)30-23-18(10-28)21(22(26)27)31-33(23)24/h4-7,9,15,22H,3,8,11-12H2,1-2H3. The molecule has 0 aliphatic carbocycles. The first-order valence-electron chi connectivity index (χ1n) is 11.0. The van der Waals surface area contributed by atoms with Gasteiger partial charge in [0.05, 0.1) is 17.3 Å². The van der Waals surface area contributed by atoms with Crippen LogP contribution in [-0.4, -0.2) is 45.4 Å². The van der Waals surface area contributed by atoms with E-state index in [2.05, 4.69) is 15.1 Å². The van der Waals surface area contributed by atoms with E-state index in [-0.39, 0.29) is 17.3 Å². The average Bonchev–Trinajstić information content (AvgIpc) is 3.15. The number of hydrogen-bond acceptors (Lipinski definition) is 6. The van der Waals surface area contributed by atoms with Crippen LogP contribution in [0.2, 0.25) is 5.02 Å². The van der Waals surface area contributed by atoms with Gasteiger partial charge in [0.1, 0.15) is 23.1 Å². The Hall–Kier alpha value is -3.35. The monoisotopic (exact) mass is 482 g/mol. The Labute approximate surface area is 199 Å². The SMILES string of the molecule is CCCOC1CN(c2c(-c3ccnc4cc(Cl)ccc34)c(C)nc3c(C#N)c(C(F)F)nn23)C1. The number of nitrogens with zero attached hydrogens (tertiary/aromatic N) is 6. The van der Waals surface area contributed by atoms with Crippen LogP contribution < -0.4 is 4.90 Å². The summed E-state index contributed by atoms with van der Waals surface area (Å²) in [5.41, 5.74) is 2.20. The van der Waals surface area contributed by atoms with Crippen LogP contribution in [0.15, 0.2) is 30.5 Å². The van der Waals surface area contributed by atoms with Crippen LogP contribution in [0.1, 0.15) is 36.7 Å². The van der Waals surface area contributed by atoms with Gasteiger partial charge in [-0.1, -0.05) is 24.6 Å². The van der Waals surface area contributed by atoms with Crippen LogP contribution in [0.25, 0.3) is 27.7 Å². The van der Waals surface area contributed by atoms with Crippen molar-refractivity contribution in [2.24, 2.45) is 0 Å². The van der Waals surface area contributed by atoms with Crippen molar-refractivity contribution in [3.8, 4) is 17.2 Å². The van der Waals surface area contributed by atoms with Gasteiger partial charge < -0.3 is 9.64 Å². The maximum absolute atomic E-state index is 13.7. The van der Waals surface area contributed by atoms with E-state index in [9.17, 15) is 14.0 Å². The summed E-state index contributed by atoms with van der Waals surface area (Å²) in [5.74, 6) is 0.602. The van der Waals surface area contributed by atoms with Crippen LogP contribution in [0.3, 0.4) is 0 Å². The molecule has 7 nitrogen and oxygen atoms in total. The number of aromatic nitrogens is 4. The summed E-state index contributed by atoms with van der Waals surface area (Å²) in [4.78, 5) is 11.0. The fraction of sp³-hybridized carbons (Fsp3) is 0.333. The van der Waals surface area contributed by atoms with Crippen LogP contribution in [0.4, 0.5) is 14.6 Å². The van der Waals surface area contributed by atoms with Gasteiger partial charge in [0.15, 0.2) is 5.65 Å². The van der Waals surface area contributed by atoms with E-state index < -0.39 is 12.1 Å². The van der Waals surface area contributed by atoms with Crippen molar-refractivity contribution in [3.63, 3.8) is 0 Å².